The lowest BCUT2D eigenvalue weighted by atomic mass is 9.82. The van der Waals surface area contributed by atoms with Gasteiger partial charge in [0, 0.05) is 65.4 Å². The number of benzene rings is 10. The number of nitrogens with zero attached hydrogens (tertiary/aromatic N) is 5. The molecule has 318 valence electrons. The predicted molar refractivity (Wildman–Crippen MR) is 283 cm³/mol. The lowest BCUT2D eigenvalue weighted by Crippen LogP contribution is -2.15. The SMILES string of the molecule is CC1(C)c2ccccc2-c2ccc(-c3nc(-n4c5cc(-n6c7ccccc7c7ccccc76)ccc5c5ccc(-n6c7ccccc7c7ccccc76)cc54)c4ccc5ccccc5c4n3)cc21. The summed E-state index contributed by atoms with van der Waals surface area (Å²) in [7, 11) is 0. The van der Waals surface area contributed by atoms with E-state index in [2.05, 4.69) is 240 Å². The first-order valence-electron chi connectivity index (χ1n) is 23.5. The van der Waals surface area contributed by atoms with Crippen LogP contribution in [0.4, 0.5) is 0 Å². The minimum atomic E-state index is -0.173. The third kappa shape index (κ3) is 5.05. The average molecular weight is 868 g/mol. The second kappa shape index (κ2) is 13.6. The van der Waals surface area contributed by atoms with E-state index in [1.165, 1.54) is 65.9 Å². The van der Waals surface area contributed by atoms with Crippen LogP contribution in [-0.2, 0) is 5.41 Å². The van der Waals surface area contributed by atoms with Gasteiger partial charge in [-0.05, 0) is 88.3 Å². The summed E-state index contributed by atoms with van der Waals surface area (Å²) in [6.07, 6.45) is 0. The van der Waals surface area contributed by atoms with Crippen LogP contribution < -0.4 is 0 Å². The van der Waals surface area contributed by atoms with Crippen molar-refractivity contribution in [2.75, 3.05) is 0 Å². The molecule has 0 saturated carbocycles. The second-order valence-electron chi connectivity index (χ2n) is 19.0. The summed E-state index contributed by atoms with van der Waals surface area (Å²) < 4.78 is 7.25. The fourth-order valence-corrected chi connectivity index (χ4v) is 11.9. The normalized spacial score (nSPS) is 13.3. The van der Waals surface area contributed by atoms with Crippen LogP contribution in [0.5, 0.6) is 0 Å². The lowest BCUT2D eigenvalue weighted by Gasteiger charge is -2.22. The van der Waals surface area contributed by atoms with Gasteiger partial charge in [-0.15, -0.1) is 0 Å². The molecule has 0 fully saturated rings. The molecule has 0 amide bonds. The highest BCUT2D eigenvalue weighted by molar-refractivity contribution is 6.15. The lowest BCUT2D eigenvalue weighted by molar-refractivity contribution is 0.660. The van der Waals surface area contributed by atoms with Gasteiger partial charge in [0.1, 0.15) is 5.82 Å². The van der Waals surface area contributed by atoms with Gasteiger partial charge in [0.2, 0.25) is 0 Å². The molecule has 4 heterocycles. The highest BCUT2D eigenvalue weighted by atomic mass is 15.1. The number of hydrogen-bond acceptors (Lipinski definition) is 2. The standard InChI is InChI=1S/C63H41N5/c1-63(2)52-22-10-5-17-43(52)44-31-28-39(35-53(44)63)61-64-60-42-16-4-3-15-38(42)27-32-51(60)62(65-61)68-58-36-40(66-54-23-11-6-18-45(54)46-19-7-12-24-55(46)66)29-33-49(58)50-34-30-41(37-59(50)68)67-56-25-13-8-20-47(56)48-21-9-14-26-57(48)67/h3-37H,1-2H3. The summed E-state index contributed by atoms with van der Waals surface area (Å²) >= 11 is 0. The Kier molecular flexibility index (Phi) is 7.50. The molecule has 0 spiro atoms. The molecule has 14 aromatic rings. The van der Waals surface area contributed by atoms with Gasteiger partial charge in [0.05, 0.1) is 38.6 Å². The molecule has 0 bridgehead atoms. The first kappa shape index (κ1) is 37.4. The Balaban J connectivity index is 1.07. The van der Waals surface area contributed by atoms with E-state index in [9.17, 15) is 0 Å². The van der Waals surface area contributed by atoms with Crippen LogP contribution in [0.25, 0.3) is 127 Å². The molecule has 10 aromatic carbocycles. The van der Waals surface area contributed by atoms with Gasteiger partial charge in [-0.3, -0.25) is 4.57 Å². The van der Waals surface area contributed by atoms with E-state index in [0.29, 0.717) is 5.82 Å². The topological polar surface area (TPSA) is 40.6 Å². The zero-order valence-electron chi connectivity index (χ0n) is 37.4. The highest BCUT2D eigenvalue weighted by Gasteiger charge is 2.35. The van der Waals surface area contributed by atoms with Crippen molar-refractivity contribution in [3.63, 3.8) is 0 Å². The Labute approximate surface area is 391 Å². The number of para-hydroxylation sites is 4. The van der Waals surface area contributed by atoms with Gasteiger partial charge in [-0.1, -0.05) is 166 Å². The monoisotopic (exact) mass is 867 g/mol. The maximum absolute atomic E-state index is 5.77. The molecule has 0 saturated heterocycles. The Hall–Kier alpha value is -8.80. The van der Waals surface area contributed by atoms with E-state index in [4.69, 9.17) is 9.97 Å². The van der Waals surface area contributed by atoms with Crippen molar-refractivity contribution in [2.24, 2.45) is 0 Å². The highest BCUT2D eigenvalue weighted by Crippen LogP contribution is 2.50. The molecular formula is C63H41N5. The van der Waals surface area contributed by atoms with E-state index in [1.807, 2.05) is 0 Å². The third-order valence-electron chi connectivity index (χ3n) is 15.0. The molecule has 4 aromatic heterocycles. The maximum atomic E-state index is 5.77. The predicted octanol–water partition coefficient (Wildman–Crippen LogP) is 16.0. The van der Waals surface area contributed by atoms with E-state index in [1.54, 1.807) is 0 Å². The molecule has 1 aliphatic rings. The number of rotatable bonds is 4. The van der Waals surface area contributed by atoms with Crippen molar-refractivity contribution in [3.05, 3.63) is 223 Å². The zero-order chi connectivity index (χ0) is 44.8. The van der Waals surface area contributed by atoms with Gasteiger partial charge >= 0.3 is 0 Å². The van der Waals surface area contributed by atoms with Gasteiger partial charge < -0.3 is 9.13 Å². The van der Waals surface area contributed by atoms with Gasteiger partial charge in [-0.25, -0.2) is 9.97 Å². The van der Waals surface area contributed by atoms with Crippen LogP contribution >= 0.6 is 0 Å². The van der Waals surface area contributed by atoms with Crippen LogP contribution in [0.2, 0.25) is 0 Å². The summed E-state index contributed by atoms with van der Waals surface area (Å²) in [6, 6.07) is 77.7. The van der Waals surface area contributed by atoms with E-state index >= 15 is 0 Å². The third-order valence-corrected chi connectivity index (χ3v) is 15.0. The molecule has 0 radical (unpaired) electrons. The van der Waals surface area contributed by atoms with E-state index in [0.717, 1.165) is 66.2 Å². The van der Waals surface area contributed by atoms with E-state index < -0.39 is 0 Å². The molecule has 1 aliphatic carbocycles. The Bertz CT molecular complexity index is 4210. The van der Waals surface area contributed by atoms with E-state index in [-0.39, 0.29) is 5.41 Å². The van der Waals surface area contributed by atoms with Crippen molar-refractivity contribution in [1.29, 1.82) is 0 Å². The Morgan fingerprint density at radius 3 is 1.40 bits per heavy atom. The van der Waals surface area contributed by atoms with Gasteiger partial charge in [-0.2, -0.15) is 0 Å². The average Bonchev–Trinajstić information content (AvgIpc) is 4.08. The summed E-state index contributed by atoms with van der Waals surface area (Å²) in [4.78, 5) is 11.3. The van der Waals surface area contributed by atoms with Crippen molar-refractivity contribution in [1.82, 2.24) is 23.7 Å². The fraction of sp³-hybridized carbons (Fsp3) is 0.0476. The van der Waals surface area contributed by atoms with Crippen LogP contribution in [0, 0.1) is 0 Å². The molecule has 15 rings (SSSR count). The van der Waals surface area contributed by atoms with Crippen LogP contribution in [-0.4, -0.2) is 23.7 Å². The Morgan fingerprint density at radius 2 is 0.809 bits per heavy atom. The summed E-state index contributed by atoms with van der Waals surface area (Å²) in [5, 5.41) is 10.5. The van der Waals surface area contributed by atoms with Gasteiger partial charge in [0.25, 0.3) is 0 Å². The van der Waals surface area contributed by atoms with Crippen molar-refractivity contribution < 1.29 is 0 Å². The Morgan fingerprint density at radius 1 is 0.338 bits per heavy atom. The summed E-state index contributed by atoms with van der Waals surface area (Å²) in [5.41, 5.74) is 16.0. The molecular weight excluding hydrogens is 827 g/mol. The maximum Gasteiger partial charge on any atom is 0.162 e. The minimum absolute atomic E-state index is 0.173. The minimum Gasteiger partial charge on any atom is -0.309 e. The molecule has 0 N–H and O–H groups in total. The van der Waals surface area contributed by atoms with Crippen LogP contribution in [0.3, 0.4) is 0 Å². The number of hydrogen-bond donors (Lipinski definition) is 0. The van der Waals surface area contributed by atoms with Crippen LogP contribution in [0.15, 0.2) is 212 Å². The smallest absolute Gasteiger partial charge is 0.162 e. The van der Waals surface area contributed by atoms with Crippen molar-refractivity contribution in [3.8, 4) is 39.7 Å². The molecule has 5 heteroatoms. The molecule has 5 nitrogen and oxygen atoms in total. The number of aromatic nitrogens is 5. The molecule has 0 aliphatic heterocycles. The molecule has 0 unspecified atom stereocenters. The fourth-order valence-electron chi connectivity index (χ4n) is 11.9. The van der Waals surface area contributed by atoms with Crippen LogP contribution in [0.1, 0.15) is 25.0 Å². The number of fused-ring (bicyclic) bond motifs is 15. The quantitative estimate of drug-likeness (QED) is 0.165. The molecule has 0 atom stereocenters. The first-order chi connectivity index (χ1) is 33.5. The van der Waals surface area contributed by atoms with Crippen molar-refractivity contribution >= 4 is 87.1 Å². The van der Waals surface area contributed by atoms with Crippen molar-refractivity contribution in [2.45, 2.75) is 19.3 Å². The zero-order valence-corrected chi connectivity index (χ0v) is 37.4. The van der Waals surface area contributed by atoms with Gasteiger partial charge in [0.15, 0.2) is 5.82 Å². The summed E-state index contributed by atoms with van der Waals surface area (Å²) in [5.74, 6) is 1.54. The summed E-state index contributed by atoms with van der Waals surface area (Å²) in [6.45, 7) is 4.67. The largest absolute Gasteiger partial charge is 0.309 e. The second-order valence-corrected chi connectivity index (χ2v) is 19.0. The first-order valence-corrected chi connectivity index (χ1v) is 23.5. The molecule has 68 heavy (non-hydrogen) atoms.